The Hall–Kier alpha value is -1.55. The van der Waals surface area contributed by atoms with Crippen LogP contribution in [-0.4, -0.2) is 30.1 Å². The summed E-state index contributed by atoms with van der Waals surface area (Å²) in [6, 6.07) is 8.27. The lowest BCUT2D eigenvalue weighted by Gasteiger charge is -2.37. The zero-order valence-corrected chi connectivity index (χ0v) is 10.3. The van der Waals surface area contributed by atoms with Crippen LogP contribution in [0.2, 0.25) is 0 Å². The summed E-state index contributed by atoms with van der Waals surface area (Å²) in [5, 5.41) is 12.0. The number of aliphatic hydroxyl groups excluding tert-OH is 1. The minimum absolute atomic E-state index is 0.0758. The molecule has 2 atom stereocenters. The van der Waals surface area contributed by atoms with Crippen LogP contribution >= 0.6 is 0 Å². The second-order valence-corrected chi connectivity index (χ2v) is 5.08. The molecule has 96 valence electrons. The van der Waals surface area contributed by atoms with Gasteiger partial charge in [0, 0.05) is 18.8 Å². The summed E-state index contributed by atoms with van der Waals surface area (Å²) in [7, 11) is 0. The Balaban J connectivity index is 1.84. The zero-order valence-electron chi connectivity index (χ0n) is 10.3. The fourth-order valence-corrected chi connectivity index (χ4v) is 3.06. The maximum Gasteiger partial charge on any atom is 0.225 e. The van der Waals surface area contributed by atoms with Gasteiger partial charge in [-0.2, -0.15) is 0 Å². The molecule has 4 heteroatoms. The standard InChI is InChI=1S/C14H18N2O2/c17-9-10-3-5-11(6-4-10)16-7-1-2-12-13(16)8-15-14(12)18/h3-6,12-13,17H,1-2,7-9H2,(H,15,18). The monoisotopic (exact) mass is 246 g/mol. The van der Waals surface area contributed by atoms with E-state index < -0.39 is 0 Å². The Labute approximate surface area is 107 Å². The van der Waals surface area contributed by atoms with E-state index in [1.165, 1.54) is 0 Å². The first kappa shape index (κ1) is 11.5. The number of fused-ring (bicyclic) bond motifs is 1. The lowest BCUT2D eigenvalue weighted by atomic mass is 9.91. The van der Waals surface area contributed by atoms with Crippen molar-refractivity contribution in [3.05, 3.63) is 29.8 Å². The molecular weight excluding hydrogens is 228 g/mol. The summed E-state index contributed by atoms with van der Waals surface area (Å²) in [6.07, 6.45) is 2.07. The topological polar surface area (TPSA) is 52.6 Å². The van der Waals surface area contributed by atoms with Crippen LogP contribution in [0, 0.1) is 5.92 Å². The molecule has 1 aromatic rings. The predicted molar refractivity (Wildman–Crippen MR) is 69.2 cm³/mol. The van der Waals surface area contributed by atoms with Gasteiger partial charge in [0.25, 0.3) is 0 Å². The molecule has 1 aromatic carbocycles. The van der Waals surface area contributed by atoms with E-state index >= 15 is 0 Å². The summed E-state index contributed by atoms with van der Waals surface area (Å²) in [6.45, 7) is 1.84. The number of nitrogens with one attached hydrogen (secondary N) is 1. The number of anilines is 1. The molecule has 0 radical (unpaired) electrons. The van der Waals surface area contributed by atoms with Crippen LogP contribution in [0.3, 0.4) is 0 Å². The first-order valence-electron chi connectivity index (χ1n) is 6.54. The van der Waals surface area contributed by atoms with Crippen molar-refractivity contribution in [1.82, 2.24) is 5.32 Å². The molecule has 0 spiro atoms. The van der Waals surface area contributed by atoms with Crippen LogP contribution in [0.4, 0.5) is 5.69 Å². The lowest BCUT2D eigenvalue weighted by Crippen LogP contribution is -2.45. The fourth-order valence-electron chi connectivity index (χ4n) is 3.06. The molecule has 0 saturated carbocycles. The number of carbonyl (C=O) groups excluding carboxylic acids is 1. The van der Waals surface area contributed by atoms with E-state index in [-0.39, 0.29) is 18.4 Å². The Bertz CT molecular complexity index is 444. The van der Waals surface area contributed by atoms with Crippen molar-refractivity contribution in [2.24, 2.45) is 5.92 Å². The molecule has 2 fully saturated rings. The first-order valence-corrected chi connectivity index (χ1v) is 6.54. The third-order valence-corrected chi connectivity index (χ3v) is 4.05. The average molecular weight is 246 g/mol. The Morgan fingerprint density at radius 3 is 2.83 bits per heavy atom. The third-order valence-electron chi connectivity index (χ3n) is 4.05. The van der Waals surface area contributed by atoms with E-state index in [0.717, 1.165) is 37.2 Å². The van der Waals surface area contributed by atoms with Crippen molar-refractivity contribution in [1.29, 1.82) is 0 Å². The highest BCUT2D eigenvalue weighted by molar-refractivity contribution is 5.83. The summed E-state index contributed by atoms with van der Waals surface area (Å²) in [5.74, 6) is 0.355. The maximum absolute atomic E-state index is 11.7. The number of amides is 1. The molecule has 1 amide bonds. The highest BCUT2D eigenvalue weighted by Gasteiger charge is 2.40. The summed E-state index contributed by atoms with van der Waals surface area (Å²) < 4.78 is 0. The molecule has 2 aliphatic rings. The number of benzene rings is 1. The molecule has 2 unspecified atom stereocenters. The van der Waals surface area contributed by atoms with Crippen LogP contribution in [0.15, 0.2) is 24.3 Å². The van der Waals surface area contributed by atoms with Crippen LogP contribution < -0.4 is 10.2 Å². The van der Waals surface area contributed by atoms with Gasteiger partial charge in [-0.15, -0.1) is 0 Å². The Morgan fingerprint density at radius 1 is 1.33 bits per heavy atom. The van der Waals surface area contributed by atoms with E-state index in [1.54, 1.807) is 0 Å². The van der Waals surface area contributed by atoms with Crippen LogP contribution in [0.5, 0.6) is 0 Å². The van der Waals surface area contributed by atoms with E-state index in [4.69, 9.17) is 5.11 Å². The van der Waals surface area contributed by atoms with Gasteiger partial charge in [-0.05, 0) is 30.5 Å². The smallest absolute Gasteiger partial charge is 0.225 e. The molecule has 2 heterocycles. The van der Waals surface area contributed by atoms with Crippen molar-refractivity contribution >= 4 is 11.6 Å². The molecular formula is C14H18N2O2. The van der Waals surface area contributed by atoms with Gasteiger partial charge in [-0.1, -0.05) is 12.1 Å². The number of rotatable bonds is 2. The molecule has 4 nitrogen and oxygen atoms in total. The minimum Gasteiger partial charge on any atom is -0.392 e. The highest BCUT2D eigenvalue weighted by atomic mass is 16.3. The van der Waals surface area contributed by atoms with Gasteiger partial charge in [0.15, 0.2) is 0 Å². The second kappa shape index (κ2) is 4.61. The number of aliphatic hydroxyl groups is 1. The minimum atomic E-state index is 0.0758. The predicted octanol–water partition coefficient (Wildman–Crippen LogP) is 0.894. The van der Waals surface area contributed by atoms with E-state index in [2.05, 4.69) is 10.2 Å². The number of hydrogen-bond acceptors (Lipinski definition) is 3. The van der Waals surface area contributed by atoms with Crippen molar-refractivity contribution in [2.45, 2.75) is 25.5 Å². The van der Waals surface area contributed by atoms with Crippen LogP contribution in [-0.2, 0) is 11.4 Å². The molecule has 3 rings (SSSR count). The summed E-state index contributed by atoms with van der Waals surface area (Å²) in [5.41, 5.74) is 2.08. The van der Waals surface area contributed by atoms with Gasteiger partial charge in [-0.25, -0.2) is 0 Å². The van der Waals surface area contributed by atoms with E-state index in [0.29, 0.717) is 6.04 Å². The van der Waals surface area contributed by atoms with Gasteiger partial charge in [0.2, 0.25) is 5.91 Å². The molecule has 0 aliphatic carbocycles. The molecule has 2 N–H and O–H groups in total. The summed E-state index contributed by atoms with van der Waals surface area (Å²) in [4.78, 5) is 14.0. The number of carbonyl (C=O) groups is 1. The third kappa shape index (κ3) is 1.86. The van der Waals surface area contributed by atoms with Gasteiger partial charge in [0.05, 0.1) is 18.6 Å². The number of piperidine rings is 1. The van der Waals surface area contributed by atoms with Crippen molar-refractivity contribution < 1.29 is 9.90 Å². The summed E-state index contributed by atoms with van der Waals surface area (Å²) >= 11 is 0. The zero-order chi connectivity index (χ0) is 12.5. The Morgan fingerprint density at radius 2 is 2.11 bits per heavy atom. The lowest BCUT2D eigenvalue weighted by molar-refractivity contribution is -0.122. The van der Waals surface area contributed by atoms with E-state index in [1.807, 2.05) is 24.3 Å². The van der Waals surface area contributed by atoms with Gasteiger partial charge in [0.1, 0.15) is 0 Å². The fraction of sp³-hybridized carbons (Fsp3) is 0.500. The van der Waals surface area contributed by atoms with Crippen molar-refractivity contribution in [3.63, 3.8) is 0 Å². The van der Waals surface area contributed by atoms with Crippen molar-refractivity contribution in [2.75, 3.05) is 18.0 Å². The number of nitrogens with zero attached hydrogens (tertiary/aromatic N) is 1. The van der Waals surface area contributed by atoms with E-state index in [9.17, 15) is 4.79 Å². The molecule has 0 bridgehead atoms. The van der Waals surface area contributed by atoms with Crippen molar-refractivity contribution in [3.8, 4) is 0 Å². The Kier molecular flexibility index (Phi) is 2.96. The molecule has 18 heavy (non-hydrogen) atoms. The number of hydrogen-bond donors (Lipinski definition) is 2. The molecule has 0 aromatic heterocycles. The van der Waals surface area contributed by atoms with Crippen LogP contribution in [0.25, 0.3) is 0 Å². The largest absolute Gasteiger partial charge is 0.392 e. The highest BCUT2D eigenvalue weighted by Crippen LogP contribution is 2.31. The van der Waals surface area contributed by atoms with Gasteiger partial charge in [-0.3, -0.25) is 4.79 Å². The normalized spacial score (nSPS) is 26.9. The molecule has 2 aliphatic heterocycles. The molecule has 2 saturated heterocycles. The van der Waals surface area contributed by atoms with Gasteiger partial charge >= 0.3 is 0 Å². The van der Waals surface area contributed by atoms with Crippen LogP contribution in [0.1, 0.15) is 18.4 Å². The maximum atomic E-state index is 11.7. The second-order valence-electron chi connectivity index (χ2n) is 5.08. The SMILES string of the molecule is O=C1NCC2C1CCCN2c1ccc(CO)cc1. The quantitative estimate of drug-likeness (QED) is 0.815. The van der Waals surface area contributed by atoms with Gasteiger partial charge < -0.3 is 15.3 Å². The average Bonchev–Trinajstić information content (AvgIpc) is 2.81. The first-order chi connectivity index (χ1) is 8.79.